The number of carbonyl (C=O) groups is 1. The number of aliphatic hydroxyl groups excluding tert-OH is 1. The maximum absolute atomic E-state index is 13.1. The molecule has 3 N–H and O–H groups in total. The average molecular weight is 565 g/mol. The number of rotatable bonds is 8. The van der Waals surface area contributed by atoms with E-state index in [1.54, 1.807) is 12.3 Å². The number of aromatic nitrogens is 1. The summed E-state index contributed by atoms with van der Waals surface area (Å²) in [5.74, 6) is 0.972. The zero-order valence-corrected chi connectivity index (χ0v) is 23.6. The number of ether oxygens (including phenoxy) is 1. The molecule has 1 amide bonds. The van der Waals surface area contributed by atoms with Crippen molar-refractivity contribution in [3.8, 4) is 5.75 Å². The van der Waals surface area contributed by atoms with E-state index in [-0.39, 0.29) is 18.1 Å². The molecule has 0 radical (unpaired) electrons. The minimum Gasteiger partial charge on any atom is -0.488 e. The number of fused-ring (bicyclic) bond motifs is 2. The molecule has 0 aliphatic carbocycles. The van der Waals surface area contributed by atoms with Crippen molar-refractivity contribution in [2.75, 3.05) is 39.3 Å². The van der Waals surface area contributed by atoms with Gasteiger partial charge in [0, 0.05) is 72.2 Å². The first-order valence-electron chi connectivity index (χ1n) is 14.3. The smallest absolute Gasteiger partial charge is 0.267 e. The molecule has 40 heavy (non-hydrogen) atoms. The van der Waals surface area contributed by atoms with Crippen molar-refractivity contribution < 1.29 is 19.1 Å². The lowest BCUT2D eigenvalue weighted by molar-refractivity contribution is 0.0301. The Bertz CT molecular complexity index is 1470. The van der Waals surface area contributed by atoms with Crippen LogP contribution < -0.4 is 10.1 Å². The van der Waals surface area contributed by atoms with Crippen molar-refractivity contribution in [3.05, 3.63) is 65.0 Å². The van der Waals surface area contributed by atoms with E-state index in [1.807, 2.05) is 36.4 Å². The normalized spacial score (nSPS) is 21.3. The fourth-order valence-electron chi connectivity index (χ4n) is 5.97. The zero-order chi connectivity index (χ0) is 27.6. The van der Waals surface area contributed by atoms with Crippen LogP contribution in [0.5, 0.6) is 5.75 Å². The van der Waals surface area contributed by atoms with E-state index >= 15 is 0 Å². The van der Waals surface area contributed by atoms with Crippen molar-refractivity contribution >= 4 is 39.4 Å². The molecule has 9 heteroatoms. The molecule has 4 heterocycles. The first-order chi connectivity index (χ1) is 19.4. The molecule has 2 atom stereocenters. The first kappa shape index (κ1) is 27.1. The first-order valence-corrected chi connectivity index (χ1v) is 14.6. The number of piperidine rings is 2. The van der Waals surface area contributed by atoms with Gasteiger partial charge >= 0.3 is 0 Å². The van der Waals surface area contributed by atoms with Gasteiger partial charge in [-0.15, -0.1) is 0 Å². The second-order valence-corrected chi connectivity index (χ2v) is 11.8. The minimum atomic E-state index is -0.157. The lowest BCUT2D eigenvalue weighted by Gasteiger charge is -2.37. The predicted molar refractivity (Wildman–Crippen MR) is 157 cm³/mol. The number of hydrogen-bond donors (Lipinski definition) is 3. The molecule has 6 rings (SSSR count). The van der Waals surface area contributed by atoms with Crippen LogP contribution in [0.15, 0.2) is 53.1 Å². The van der Waals surface area contributed by atoms with Gasteiger partial charge in [0.1, 0.15) is 23.6 Å². The van der Waals surface area contributed by atoms with Gasteiger partial charge in [-0.1, -0.05) is 24.6 Å². The second kappa shape index (κ2) is 11.8. The summed E-state index contributed by atoms with van der Waals surface area (Å²) in [5, 5.41) is 15.7. The van der Waals surface area contributed by atoms with Crippen LogP contribution in [-0.4, -0.2) is 77.2 Å². The Balaban J connectivity index is 1.02. The van der Waals surface area contributed by atoms with Gasteiger partial charge < -0.3 is 34.4 Å². The highest BCUT2D eigenvalue weighted by Crippen LogP contribution is 2.30. The van der Waals surface area contributed by atoms with Crippen molar-refractivity contribution in [1.82, 2.24) is 20.1 Å². The Morgan fingerprint density at radius 3 is 2.73 bits per heavy atom. The molecule has 0 spiro atoms. The largest absolute Gasteiger partial charge is 0.488 e. The molecule has 0 bridgehead atoms. The quantitative estimate of drug-likeness (QED) is 0.277. The molecule has 2 aliphatic rings. The molecule has 212 valence electrons. The topological polar surface area (TPSA) is 94.0 Å². The van der Waals surface area contributed by atoms with Crippen LogP contribution >= 0.6 is 11.6 Å². The molecule has 8 nitrogen and oxygen atoms in total. The van der Waals surface area contributed by atoms with Gasteiger partial charge in [-0.05, 0) is 61.6 Å². The second-order valence-electron chi connectivity index (χ2n) is 11.3. The number of furan rings is 1. The van der Waals surface area contributed by atoms with Crippen molar-refractivity contribution in [2.24, 2.45) is 5.92 Å². The Morgan fingerprint density at radius 2 is 1.90 bits per heavy atom. The number of likely N-dealkylation sites (tertiary alicyclic amines) is 2. The van der Waals surface area contributed by atoms with E-state index in [4.69, 9.17) is 20.8 Å². The number of amides is 1. The molecular weight excluding hydrogens is 528 g/mol. The van der Waals surface area contributed by atoms with E-state index in [0.717, 1.165) is 86.0 Å². The summed E-state index contributed by atoms with van der Waals surface area (Å²) < 4.78 is 11.8. The summed E-state index contributed by atoms with van der Waals surface area (Å²) in [6, 6.07) is 13.4. The minimum absolute atomic E-state index is 0.0841. The fraction of sp³-hybridized carbons (Fsp3) is 0.452. The number of carbonyl (C=O) groups excluding carboxylic acids is 1. The third kappa shape index (κ3) is 6.00. The molecule has 2 aliphatic heterocycles. The van der Waals surface area contributed by atoms with Crippen LogP contribution in [0.3, 0.4) is 0 Å². The molecule has 4 aromatic rings. The molecule has 2 saturated heterocycles. The van der Waals surface area contributed by atoms with Crippen molar-refractivity contribution in [3.63, 3.8) is 0 Å². The van der Waals surface area contributed by atoms with Crippen LogP contribution in [0.25, 0.3) is 21.9 Å². The standard InChI is InChI=1S/C31H37ClN4O4/c1-20-17-36(12-9-28(20)37)14-13-35-10-7-23(8-11-35)33-31(38)27-16-25-26(34-27)3-2-4-29(25)39-18-21-19-40-30-15-22(32)5-6-24(21)30/h2-6,15-16,19-20,23,28,34,37H,7-14,17-18H2,1H3,(H,33,38)/t20-,28-/m0/s1. The number of nitrogens with one attached hydrogen (secondary N) is 2. The highest BCUT2D eigenvalue weighted by Gasteiger charge is 2.26. The average Bonchev–Trinajstić information content (AvgIpc) is 3.57. The molecule has 2 aromatic carbocycles. The van der Waals surface area contributed by atoms with Crippen LogP contribution in [0.1, 0.15) is 42.2 Å². The molecule has 2 aromatic heterocycles. The van der Waals surface area contributed by atoms with Gasteiger partial charge in [0.2, 0.25) is 0 Å². The number of hydrogen-bond acceptors (Lipinski definition) is 6. The van der Waals surface area contributed by atoms with Crippen LogP contribution in [0.4, 0.5) is 0 Å². The maximum Gasteiger partial charge on any atom is 0.267 e. The molecule has 0 saturated carbocycles. The maximum atomic E-state index is 13.1. The van der Waals surface area contributed by atoms with Crippen LogP contribution in [0, 0.1) is 5.92 Å². The van der Waals surface area contributed by atoms with Crippen LogP contribution in [-0.2, 0) is 6.61 Å². The van der Waals surface area contributed by atoms with Gasteiger partial charge in [0.05, 0.1) is 12.4 Å². The summed E-state index contributed by atoms with van der Waals surface area (Å²) in [6.45, 7) is 8.47. The van der Waals surface area contributed by atoms with Crippen molar-refractivity contribution in [1.29, 1.82) is 0 Å². The monoisotopic (exact) mass is 564 g/mol. The van der Waals surface area contributed by atoms with Gasteiger partial charge in [0.25, 0.3) is 5.91 Å². The summed E-state index contributed by atoms with van der Waals surface area (Å²) in [6.07, 6.45) is 4.30. The lowest BCUT2D eigenvalue weighted by atomic mass is 9.97. The summed E-state index contributed by atoms with van der Waals surface area (Å²) in [5.41, 5.74) is 3.07. The van der Waals surface area contributed by atoms with E-state index < -0.39 is 0 Å². The van der Waals surface area contributed by atoms with Crippen LogP contribution in [0.2, 0.25) is 5.02 Å². The van der Waals surface area contributed by atoms with Gasteiger partial charge in [-0.2, -0.15) is 0 Å². The Morgan fingerprint density at radius 1 is 1.10 bits per heavy atom. The lowest BCUT2D eigenvalue weighted by Crippen LogP contribution is -2.48. The highest BCUT2D eigenvalue weighted by molar-refractivity contribution is 6.31. The zero-order valence-electron chi connectivity index (χ0n) is 22.9. The third-order valence-electron chi connectivity index (χ3n) is 8.47. The third-order valence-corrected chi connectivity index (χ3v) is 8.70. The Labute approximate surface area is 239 Å². The van der Waals surface area contributed by atoms with Gasteiger partial charge in [-0.25, -0.2) is 0 Å². The summed E-state index contributed by atoms with van der Waals surface area (Å²) in [7, 11) is 0. The van der Waals surface area contributed by atoms with E-state index in [2.05, 4.69) is 27.0 Å². The van der Waals surface area contributed by atoms with Crippen molar-refractivity contribution in [2.45, 2.75) is 44.9 Å². The summed E-state index contributed by atoms with van der Waals surface area (Å²) in [4.78, 5) is 21.4. The number of nitrogens with zero attached hydrogens (tertiary/aromatic N) is 2. The van der Waals surface area contributed by atoms with Gasteiger partial charge in [-0.3, -0.25) is 4.79 Å². The predicted octanol–water partition coefficient (Wildman–Crippen LogP) is 5.04. The number of aliphatic hydroxyl groups is 1. The Hall–Kier alpha value is -3.04. The number of benzene rings is 2. The number of aromatic amines is 1. The van der Waals surface area contributed by atoms with E-state index in [9.17, 15) is 9.90 Å². The highest BCUT2D eigenvalue weighted by atomic mass is 35.5. The molecular formula is C31H37ClN4O4. The van der Waals surface area contributed by atoms with E-state index in [1.165, 1.54) is 0 Å². The number of H-pyrrole nitrogens is 1. The van der Waals surface area contributed by atoms with E-state index in [0.29, 0.717) is 29.0 Å². The summed E-state index contributed by atoms with van der Waals surface area (Å²) >= 11 is 6.07. The SMILES string of the molecule is C[C@H]1CN(CCN2CCC(NC(=O)c3cc4c(OCc5coc6cc(Cl)ccc56)cccc4[nH]3)CC2)CC[C@@H]1O. The molecule has 2 fully saturated rings. The fourth-order valence-corrected chi connectivity index (χ4v) is 6.13. The number of halogens is 1. The van der Waals surface area contributed by atoms with Gasteiger partial charge in [0.15, 0.2) is 0 Å². The molecule has 0 unspecified atom stereocenters. The Kier molecular flexibility index (Phi) is 8.03.